The fraction of sp³-hybridized carbons (Fsp3) is 0.167. The van der Waals surface area contributed by atoms with E-state index in [-0.39, 0.29) is 11.5 Å². The molecule has 0 spiro atoms. The lowest BCUT2D eigenvalue weighted by Crippen LogP contribution is -2.12. The van der Waals surface area contributed by atoms with Gasteiger partial charge in [-0.05, 0) is 36.1 Å². The highest BCUT2D eigenvalue weighted by atomic mass is 32.2. The molecule has 8 nitrogen and oxygen atoms in total. The van der Waals surface area contributed by atoms with Crippen LogP contribution in [0.4, 0.5) is 10.2 Å². The number of pyridine rings is 1. The molecule has 29 heavy (non-hydrogen) atoms. The zero-order chi connectivity index (χ0) is 21.0. The average molecular weight is 436 g/mol. The number of thioether (sulfide) groups is 1. The van der Waals surface area contributed by atoms with Crippen LogP contribution in [0.1, 0.15) is 11.1 Å². The summed E-state index contributed by atoms with van der Waals surface area (Å²) in [5, 5.41) is 18.2. The Morgan fingerprint density at radius 1 is 1.21 bits per heavy atom. The van der Waals surface area contributed by atoms with E-state index >= 15 is 0 Å². The first-order valence-electron chi connectivity index (χ1n) is 8.33. The number of sulfonamides is 1. The zero-order valence-corrected chi connectivity index (χ0v) is 17.0. The molecule has 0 radical (unpaired) electrons. The van der Waals surface area contributed by atoms with Crippen LogP contribution in [0.25, 0.3) is 11.3 Å². The first kappa shape index (κ1) is 21.1. The van der Waals surface area contributed by atoms with Gasteiger partial charge in [0.2, 0.25) is 10.0 Å². The Morgan fingerprint density at radius 2 is 2.00 bits per heavy atom. The van der Waals surface area contributed by atoms with Crippen LogP contribution in [0.3, 0.4) is 0 Å². The lowest BCUT2D eigenvalue weighted by Gasteiger charge is -2.11. The molecule has 0 unspecified atom stereocenters. The van der Waals surface area contributed by atoms with Gasteiger partial charge in [-0.3, -0.25) is 4.98 Å². The second-order valence-electron chi connectivity index (χ2n) is 6.01. The molecule has 152 valence electrons. The fourth-order valence-electron chi connectivity index (χ4n) is 2.52. The molecule has 0 saturated carbocycles. The van der Waals surface area contributed by atoms with Crippen molar-refractivity contribution in [2.75, 3.05) is 11.6 Å². The van der Waals surface area contributed by atoms with Gasteiger partial charge in [0.05, 0.1) is 17.2 Å². The van der Waals surface area contributed by atoms with Crippen LogP contribution in [0, 0.1) is 5.82 Å². The Labute approximate surface area is 171 Å². The number of aromatic nitrogens is 3. The second kappa shape index (κ2) is 8.82. The molecule has 2 aromatic heterocycles. The first-order valence-corrected chi connectivity index (χ1v) is 11.1. The predicted molar refractivity (Wildman–Crippen MR) is 108 cm³/mol. The maximum Gasteiger partial charge on any atom is 0.238 e. The minimum Gasteiger partial charge on any atom is -0.391 e. The molecule has 0 saturated heterocycles. The van der Waals surface area contributed by atoms with Crippen LogP contribution in [-0.2, 0) is 23.2 Å². The number of benzene rings is 1. The van der Waals surface area contributed by atoms with Gasteiger partial charge in [-0.1, -0.05) is 17.8 Å². The molecule has 0 atom stereocenters. The summed E-state index contributed by atoms with van der Waals surface area (Å²) < 4.78 is 36.8. The Kier molecular flexibility index (Phi) is 6.42. The third-order valence-corrected chi connectivity index (χ3v) is 5.43. The Bertz CT molecular complexity index is 1120. The van der Waals surface area contributed by atoms with E-state index in [2.05, 4.69) is 20.3 Å². The predicted octanol–water partition coefficient (Wildman–Crippen LogP) is 2.15. The van der Waals surface area contributed by atoms with Crippen LogP contribution in [0.2, 0.25) is 0 Å². The van der Waals surface area contributed by atoms with Gasteiger partial charge >= 0.3 is 0 Å². The molecule has 1 aromatic carbocycles. The second-order valence-corrected chi connectivity index (χ2v) is 8.35. The molecular weight excluding hydrogens is 417 g/mol. The number of aliphatic hydroxyl groups excluding tert-OH is 1. The molecule has 0 fully saturated rings. The van der Waals surface area contributed by atoms with Gasteiger partial charge in [-0.2, -0.15) is 0 Å². The number of nitrogens with two attached hydrogens (primary N) is 1. The van der Waals surface area contributed by atoms with Crippen molar-refractivity contribution in [3.63, 3.8) is 0 Å². The van der Waals surface area contributed by atoms with Crippen molar-refractivity contribution in [3.05, 3.63) is 59.7 Å². The van der Waals surface area contributed by atoms with E-state index in [1.807, 2.05) is 6.26 Å². The van der Waals surface area contributed by atoms with E-state index < -0.39 is 15.8 Å². The number of hydrogen-bond donors (Lipinski definition) is 3. The lowest BCUT2D eigenvalue weighted by atomic mass is 10.1. The molecule has 0 aliphatic carbocycles. The number of nitrogens with one attached hydrogen (secondary N) is 1. The molecule has 11 heteroatoms. The topological polar surface area (TPSA) is 131 Å². The van der Waals surface area contributed by atoms with Crippen molar-refractivity contribution in [3.8, 4) is 11.3 Å². The summed E-state index contributed by atoms with van der Waals surface area (Å²) in [6.45, 7) is 0.191. The highest BCUT2D eigenvalue weighted by Gasteiger charge is 2.13. The Hall–Kier alpha value is -2.60. The number of rotatable bonds is 7. The van der Waals surface area contributed by atoms with Crippen LogP contribution in [0.5, 0.6) is 0 Å². The van der Waals surface area contributed by atoms with E-state index in [1.54, 1.807) is 24.5 Å². The third kappa shape index (κ3) is 5.26. The monoisotopic (exact) mass is 435 g/mol. The SMILES string of the molecule is CSc1ncc(CO)c(NCc2ccc(-c3cc(F)cc(S(N)(=O)=O)c3)nc2)n1. The van der Waals surface area contributed by atoms with Crippen molar-refractivity contribution in [2.45, 2.75) is 23.2 Å². The smallest absolute Gasteiger partial charge is 0.238 e. The van der Waals surface area contributed by atoms with Crippen molar-refractivity contribution in [2.24, 2.45) is 5.14 Å². The number of nitrogens with zero attached hydrogens (tertiary/aromatic N) is 3. The van der Waals surface area contributed by atoms with Crippen molar-refractivity contribution < 1.29 is 17.9 Å². The van der Waals surface area contributed by atoms with Gasteiger partial charge in [0.1, 0.15) is 11.6 Å². The third-order valence-electron chi connectivity index (χ3n) is 3.98. The summed E-state index contributed by atoms with van der Waals surface area (Å²) in [5.74, 6) is -0.192. The largest absolute Gasteiger partial charge is 0.391 e. The number of aliphatic hydroxyl groups is 1. The fourth-order valence-corrected chi connectivity index (χ4v) is 3.43. The highest BCUT2D eigenvalue weighted by Crippen LogP contribution is 2.23. The quantitative estimate of drug-likeness (QED) is 0.380. The molecule has 0 amide bonds. The minimum absolute atomic E-state index is 0.194. The molecule has 0 aliphatic heterocycles. The molecule has 2 heterocycles. The van der Waals surface area contributed by atoms with Gasteiger partial charge in [0.15, 0.2) is 5.16 Å². The summed E-state index contributed by atoms with van der Waals surface area (Å²) in [5.41, 5.74) is 2.09. The summed E-state index contributed by atoms with van der Waals surface area (Å²) in [6, 6.07) is 6.75. The first-order chi connectivity index (χ1) is 13.8. The van der Waals surface area contributed by atoms with Crippen LogP contribution >= 0.6 is 11.8 Å². The molecule has 4 N–H and O–H groups in total. The number of primary sulfonamides is 1. The van der Waals surface area contributed by atoms with Gasteiger partial charge in [-0.25, -0.2) is 27.9 Å². The van der Waals surface area contributed by atoms with E-state index in [9.17, 15) is 17.9 Å². The van der Waals surface area contributed by atoms with Crippen molar-refractivity contribution in [1.29, 1.82) is 0 Å². The lowest BCUT2D eigenvalue weighted by molar-refractivity contribution is 0.281. The highest BCUT2D eigenvalue weighted by molar-refractivity contribution is 7.98. The number of halogens is 1. The summed E-state index contributed by atoms with van der Waals surface area (Å²) in [6.07, 6.45) is 5.00. The normalized spacial score (nSPS) is 11.4. The van der Waals surface area contributed by atoms with Gasteiger partial charge in [0, 0.05) is 30.1 Å². The average Bonchev–Trinajstić information content (AvgIpc) is 2.71. The molecule has 0 aliphatic rings. The molecule has 3 aromatic rings. The summed E-state index contributed by atoms with van der Waals surface area (Å²) in [7, 11) is -4.03. The molecule has 3 rings (SSSR count). The van der Waals surface area contributed by atoms with Crippen LogP contribution < -0.4 is 10.5 Å². The Morgan fingerprint density at radius 3 is 2.62 bits per heavy atom. The summed E-state index contributed by atoms with van der Waals surface area (Å²) >= 11 is 1.39. The van der Waals surface area contributed by atoms with Gasteiger partial charge < -0.3 is 10.4 Å². The maximum atomic E-state index is 13.8. The summed E-state index contributed by atoms with van der Waals surface area (Å²) in [4.78, 5) is 12.4. The standard InChI is InChI=1S/C18H18FN5O3S2/c1-28-18-23-9-13(10-25)17(24-18)22-8-11-2-3-16(21-7-11)12-4-14(19)6-15(5-12)29(20,26)27/h2-7,9,25H,8,10H2,1H3,(H2,20,26,27)(H,22,23,24). The van der Waals surface area contributed by atoms with Crippen LogP contribution in [-0.4, -0.2) is 34.7 Å². The van der Waals surface area contributed by atoms with Crippen LogP contribution in [0.15, 0.2) is 52.8 Å². The van der Waals surface area contributed by atoms with Gasteiger partial charge in [0.25, 0.3) is 0 Å². The molecule has 0 bridgehead atoms. The van der Waals surface area contributed by atoms with Crippen molar-refractivity contribution >= 4 is 27.6 Å². The van der Waals surface area contributed by atoms with E-state index in [4.69, 9.17) is 5.14 Å². The van der Waals surface area contributed by atoms with E-state index in [0.29, 0.717) is 34.3 Å². The van der Waals surface area contributed by atoms with E-state index in [1.165, 1.54) is 23.9 Å². The molecular formula is C18H18FN5O3S2. The zero-order valence-electron chi connectivity index (χ0n) is 15.3. The van der Waals surface area contributed by atoms with Gasteiger partial charge in [-0.15, -0.1) is 0 Å². The van der Waals surface area contributed by atoms with E-state index in [0.717, 1.165) is 11.6 Å². The number of anilines is 1. The Balaban J connectivity index is 1.79. The maximum absolute atomic E-state index is 13.8. The van der Waals surface area contributed by atoms with Crippen molar-refractivity contribution in [1.82, 2.24) is 15.0 Å². The number of hydrogen-bond acceptors (Lipinski definition) is 8. The minimum atomic E-state index is -4.03.